The Morgan fingerprint density at radius 2 is 0.412 bits per heavy atom. The average Bonchev–Trinajstić information content (AvgIpc) is 1.66. The molecule has 131 heavy (non-hydrogen) atoms. The highest BCUT2D eigenvalue weighted by Gasteiger charge is 2.47. The van der Waals surface area contributed by atoms with Crippen molar-refractivity contribution >= 4 is 187 Å². The number of nitrogens with zero attached hydrogens (tertiary/aromatic N) is 4. The van der Waals surface area contributed by atoms with Crippen molar-refractivity contribution in [1.29, 1.82) is 0 Å². The van der Waals surface area contributed by atoms with Crippen LogP contribution >= 0.6 is 0 Å². The Morgan fingerprint density at radius 3 is 0.664 bits per heavy atom. The van der Waals surface area contributed by atoms with Gasteiger partial charge in [0.1, 0.15) is 0 Å². The van der Waals surface area contributed by atoms with Gasteiger partial charge in [-0.3, -0.25) is 0 Å². The van der Waals surface area contributed by atoms with Crippen molar-refractivity contribution in [3.63, 3.8) is 0 Å². The van der Waals surface area contributed by atoms with Gasteiger partial charge in [0.2, 0.25) is 0 Å². The first-order valence-corrected chi connectivity index (χ1v) is 45.8. The molecule has 0 saturated carbocycles. The molecule has 0 spiro atoms. The molecule has 27 rings (SSSR count). The van der Waals surface area contributed by atoms with E-state index in [-0.39, 0.29) is 6.71 Å². The van der Waals surface area contributed by atoms with Crippen LogP contribution in [0.3, 0.4) is 0 Å². The van der Waals surface area contributed by atoms with E-state index < -0.39 is 5.41 Å². The van der Waals surface area contributed by atoms with Crippen molar-refractivity contribution in [2.45, 2.75) is 26.2 Å². The molecule has 0 fully saturated rings. The molecule has 0 amide bonds. The standard InChI is InChI=1S/C126H83BN4/c1-126(2,3)86-74-113-119-114(75-86)131(121-107(82-46-18-8-19-47-82)72-85(79-40-12-5-13-41-79)73-108(121)83-48-20-9-21-49-83)112-77-88(129-124-103-64-36-28-56-95(103)91-52-24-32-60-99(91)117(124)118-100-61-33-25-53-92(100)96-57-29-37-65-104(96)125(118)129)67-69-110(112)127(119)109-68-66-87(76-111(109)130(113)120-105(80-42-14-6-15-43-80)70-84(78-38-10-4-11-39-78)71-106(120)81-44-16-7-17-45-81)128-122-101-62-34-26-54-93(101)89-50-22-30-58-97(89)115(122)116-98-59-31-23-51-90(98)94-55-27-35-63-102(94)123(116)128/h4-77H,1-3H3. The number of fused-ring (bicyclic) bond motifs is 30. The highest BCUT2D eigenvalue weighted by Crippen LogP contribution is 2.58. The molecule has 0 saturated heterocycles. The van der Waals surface area contributed by atoms with Gasteiger partial charge in [0.15, 0.2) is 0 Å². The lowest BCUT2D eigenvalue weighted by atomic mass is 9.33. The van der Waals surface area contributed by atoms with E-state index in [9.17, 15) is 0 Å². The zero-order valence-electron chi connectivity index (χ0n) is 72.6. The third-order valence-electron chi connectivity index (χ3n) is 28.7. The molecule has 4 nitrogen and oxygen atoms in total. The van der Waals surface area contributed by atoms with Crippen LogP contribution in [0, 0.1) is 0 Å². The predicted octanol–water partition coefficient (Wildman–Crippen LogP) is 32.5. The van der Waals surface area contributed by atoms with Crippen LogP contribution in [-0.4, -0.2) is 15.8 Å². The maximum atomic E-state index is 2.77. The van der Waals surface area contributed by atoms with E-state index >= 15 is 0 Å². The van der Waals surface area contributed by atoms with Crippen LogP contribution in [0.15, 0.2) is 449 Å². The second kappa shape index (κ2) is 29.0. The Hall–Kier alpha value is -16.6. The van der Waals surface area contributed by atoms with Crippen LogP contribution in [0.2, 0.25) is 0 Å². The molecule has 0 radical (unpaired) electrons. The van der Waals surface area contributed by atoms with Gasteiger partial charge >= 0.3 is 0 Å². The number of rotatable bonds is 10. The minimum absolute atomic E-state index is 0.372. The molecule has 0 bridgehead atoms. The Morgan fingerprint density at radius 1 is 0.191 bits per heavy atom. The average molecular weight is 1660 g/mol. The number of hydrogen-bond acceptors (Lipinski definition) is 2. The number of anilines is 6. The Bertz CT molecular complexity index is 8220. The molecule has 0 N–H and O–H groups in total. The second-order valence-electron chi connectivity index (χ2n) is 36.7. The first kappa shape index (κ1) is 74.6. The maximum absolute atomic E-state index is 2.77. The summed E-state index contributed by atoms with van der Waals surface area (Å²) in [4.78, 5) is 5.54. The Balaban J connectivity index is 0.854. The summed E-state index contributed by atoms with van der Waals surface area (Å²) < 4.78 is 5.38. The van der Waals surface area contributed by atoms with E-state index in [0.717, 1.165) is 112 Å². The SMILES string of the molecule is CC(C)(C)c1cc2c3c(c1)N(c1c(-c4ccccc4)cc(-c4ccccc4)cc1-c1ccccc1)c1cc(-n4c5c6ccccc6c6ccccc6c5c5c6ccccc6c6ccccc6c54)ccc1B3c1ccc(-n3c4c5ccccc5c5ccccc5c4c4c5ccccc5c5ccccc5c43)cc1N2c1c(-c2ccccc2)cc(-c2ccccc2)cc1-c1ccccc1. The zero-order valence-corrected chi connectivity index (χ0v) is 72.6. The van der Waals surface area contributed by atoms with E-state index in [4.69, 9.17) is 0 Å². The second-order valence-corrected chi connectivity index (χ2v) is 36.7. The molecule has 4 heterocycles. The zero-order chi connectivity index (χ0) is 86.4. The minimum atomic E-state index is -0.431. The molecular formula is C126H83BN4. The largest absolute Gasteiger partial charge is 0.310 e. The Kier molecular flexibility index (Phi) is 16.5. The summed E-state index contributed by atoms with van der Waals surface area (Å²) in [7, 11) is 0. The third-order valence-corrected chi connectivity index (χ3v) is 28.7. The van der Waals surface area contributed by atoms with Gasteiger partial charge < -0.3 is 18.9 Å². The van der Waals surface area contributed by atoms with Crippen molar-refractivity contribution in [2.75, 3.05) is 9.80 Å². The molecule has 23 aromatic carbocycles. The monoisotopic (exact) mass is 1660 g/mol. The summed E-state index contributed by atoms with van der Waals surface area (Å²) in [5.41, 5.74) is 31.2. The van der Waals surface area contributed by atoms with Gasteiger partial charge in [0.05, 0.1) is 33.4 Å². The fraction of sp³-hybridized carbons (Fsp3) is 0.0317. The van der Waals surface area contributed by atoms with Crippen LogP contribution < -0.4 is 26.2 Å². The topological polar surface area (TPSA) is 16.3 Å². The normalized spacial score (nSPS) is 12.6. The number of hydrogen-bond donors (Lipinski definition) is 0. The molecule has 0 aliphatic carbocycles. The molecule has 0 unspecified atom stereocenters. The van der Waals surface area contributed by atoms with Crippen molar-refractivity contribution in [3.8, 4) is 78.1 Å². The lowest BCUT2D eigenvalue weighted by Gasteiger charge is -2.46. The number of aromatic nitrogens is 2. The third kappa shape index (κ3) is 11.1. The summed E-state index contributed by atoms with van der Waals surface area (Å²) in [5, 5.41) is 24.5. The minimum Gasteiger partial charge on any atom is -0.310 e. The maximum Gasteiger partial charge on any atom is 0.252 e. The van der Waals surface area contributed by atoms with Gasteiger partial charge in [-0.05, 0) is 197 Å². The Labute approximate surface area is 759 Å². The van der Waals surface area contributed by atoms with Crippen molar-refractivity contribution < 1.29 is 0 Å². The van der Waals surface area contributed by atoms with Crippen LogP contribution in [0.1, 0.15) is 26.3 Å². The smallest absolute Gasteiger partial charge is 0.252 e. The molecule has 2 aromatic heterocycles. The summed E-state index contributed by atoms with van der Waals surface area (Å²) in [6, 6.07) is 171. The van der Waals surface area contributed by atoms with Gasteiger partial charge in [0.25, 0.3) is 6.71 Å². The highest BCUT2D eigenvalue weighted by atomic mass is 15.2. The van der Waals surface area contributed by atoms with Gasteiger partial charge in [-0.2, -0.15) is 0 Å². The van der Waals surface area contributed by atoms with Gasteiger partial charge in [-0.25, -0.2) is 0 Å². The molecule has 2 aliphatic rings. The van der Waals surface area contributed by atoms with Crippen LogP contribution in [-0.2, 0) is 5.41 Å². The van der Waals surface area contributed by atoms with Crippen LogP contribution in [0.25, 0.3) is 208 Å². The highest BCUT2D eigenvalue weighted by molar-refractivity contribution is 7.00. The summed E-state index contributed by atoms with van der Waals surface area (Å²) in [6.07, 6.45) is 0. The lowest BCUT2D eigenvalue weighted by Crippen LogP contribution is -2.61. The van der Waals surface area contributed by atoms with Gasteiger partial charge in [0, 0.05) is 99.5 Å². The quantitative estimate of drug-likeness (QED) is 0.100. The van der Waals surface area contributed by atoms with Crippen LogP contribution in [0.5, 0.6) is 0 Å². The van der Waals surface area contributed by atoms with Crippen LogP contribution in [0.4, 0.5) is 34.1 Å². The van der Waals surface area contributed by atoms with E-state index in [0.29, 0.717) is 0 Å². The lowest BCUT2D eigenvalue weighted by molar-refractivity contribution is 0.590. The van der Waals surface area contributed by atoms with Gasteiger partial charge in [-0.15, -0.1) is 0 Å². The first-order valence-electron chi connectivity index (χ1n) is 45.8. The molecule has 25 aromatic rings. The van der Waals surface area contributed by atoms with Crippen molar-refractivity contribution in [2.24, 2.45) is 0 Å². The van der Waals surface area contributed by atoms with E-state index in [1.165, 1.54) is 152 Å². The fourth-order valence-corrected chi connectivity index (χ4v) is 23.0. The molecule has 0 atom stereocenters. The predicted molar refractivity (Wildman–Crippen MR) is 561 cm³/mol. The summed E-state index contributed by atoms with van der Waals surface area (Å²) in [5.74, 6) is 0. The first-order chi connectivity index (χ1) is 64.7. The van der Waals surface area contributed by atoms with Crippen molar-refractivity contribution in [3.05, 3.63) is 454 Å². The van der Waals surface area contributed by atoms with E-state index in [1.54, 1.807) is 0 Å². The molecule has 5 heteroatoms. The molecule has 2 aliphatic heterocycles. The molecular weight excluding hydrogens is 1580 g/mol. The van der Waals surface area contributed by atoms with E-state index in [1.807, 2.05) is 0 Å². The van der Waals surface area contributed by atoms with E-state index in [2.05, 4.69) is 489 Å². The molecule has 610 valence electrons. The fourth-order valence-electron chi connectivity index (χ4n) is 23.0. The van der Waals surface area contributed by atoms with Gasteiger partial charge in [-0.1, -0.05) is 409 Å². The number of benzene rings is 23. The van der Waals surface area contributed by atoms with Crippen molar-refractivity contribution in [1.82, 2.24) is 9.13 Å². The summed E-state index contributed by atoms with van der Waals surface area (Å²) >= 11 is 0. The summed E-state index contributed by atoms with van der Waals surface area (Å²) in [6.45, 7) is 6.89.